The molecule has 0 N–H and O–H groups in total. The van der Waals surface area contributed by atoms with Crippen LogP contribution in [0.4, 0.5) is 17.3 Å². The van der Waals surface area contributed by atoms with Crippen molar-refractivity contribution in [2.45, 2.75) is 44.7 Å². The quantitative estimate of drug-likeness (QED) is 0.0944. The number of benzene rings is 4. The molecule has 1 fully saturated rings. The molecule has 0 aromatic heterocycles. The standard InChI is InChI=1S/C28H28OP2.C8H12.BF4.Rh/c1-24(30(25-14-6-2-7-15-25)26-16-8-3-9-17-26)22-23-29-31(27-18-10-4-11-19-27)28-20-12-5-13-21-28;1-2-4-6-8-7-5-3-1;2-1(3,4)5;/h2-21,24H,22-23H2,1H3;1-2,7-8H,3-6H2;;/q;;-1;/t24-;;;/m0.../s1. The Hall–Kier alpha value is -1.89. The number of hydrogen-bond acceptors (Lipinski definition) is 1. The molecule has 5 rings (SSSR count). The molecular weight excluding hydrogens is 700 g/mol. The van der Waals surface area contributed by atoms with E-state index in [1.165, 1.54) is 46.9 Å². The third-order valence-electron chi connectivity index (χ3n) is 6.58. The predicted molar refractivity (Wildman–Crippen MR) is 184 cm³/mol. The van der Waals surface area contributed by atoms with Crippen LogP contribution < -0.4 is 21.2 Å². The minimum absolute atomic E-state index is 0. The van der Waals surface area contributed by atoms with Crippen molar-refractivity contribution in [3.63, 3.8) is 0 Å². The van der Waals surface area contributed by atoms with Crippen LogP contribution in [0.2, 0.25) is 0 Å². The molecule has 9 heteroatoms. The first kappa shape index (κ1) is 39.3. The first-order valence-corrected chi connectivity index (χ1v) is 17.6. The second-order valence-corrected chi connectivity index (χ2v) is 14.6. The van der Waals surface area contributed by atoms with E-state index in [4.69, 9.17) is 4.52 Å². The van der Waals surface area contributed by atoms with E-state index in [1.807, 2.05) is 0 Å². The summed E-state index contributed by atoms with van der Waals surface area (Å²) in [6, 6.07) is 43.2. The van der Waals surface area contributed by atoms with Gasteiger partial charge in [0.25, 0.3) is 0 Å². The summed E-state index contributed by atoms with van der Waals surface area (Å²) in [5, 5.41) is 5.41. The summed E-state index contributed by atoms with van der Waals surface area (Å²) >= 11 is 0. The maximum absolute atomic E-state index is 9.75. The molecule has 1 nitrogen and oxygen atoms in total. The first-order chi connectivity index (χ1) is 21.3. The molecule has 0 unspecified atom stereocenters. The van der Waals surface area contributed by atoms with Gasteiger partial charge in [-0.2, -0.15) is 0 Å². The topological polar surface area (TPSA) is 9.23 Å². The maximum Gasteiger partial charge on any atom is 0.673 e. The van der Waals surface area contributed by atoms with Gasteiger partial charge in [0, 0.05) is 30.1 Å². The van der Waals surface area contributed by atoms with Gasteiger partial charge in [-0.3, -0.25) is 0 Å². The molecule has 0 amide bonds. The molecule has 0 aliphatic heterocycles. The van der Waals surface area contributed by atoms with Crippen molar-refractivity contribution in [3.05, 3.63) is 147 Å². The Labute approximate surface area is 283 Å². The Balaban J connectivity index is 0.000000421. The largest absolute Gasteiger partial charge is 0.673 e. The van der Waals surface area contributed by atoms with Crippen LogP contribution in [0.15, 0.2) is 121 Å². The van der Waals surface area contributed by atoms with Crippen molar-refractivity contribution in [1.82, 2.24) is 0 Å². The molecule has 5 radical (unpaired) electrons. The Morgan fingerprint density at radius 2 is 0.844 bits per heavy atom. The summed E-state index contributed by atoms with van der Waals surface area (Å²) in [6.07, 6.45) is 15.0. The summed E-state index contributed by atoms with van der Waals surface area (Å²) in [6.45, 7) is 3.14. The van der Waals surface area contributed by atoms with E-state index in [2.05, 4.69) is 154 Å². The fourth-order valence-corrected chi connectivity index (χ4v) is 9.00. The normalized spacial score (nSPS) is 14.0. The average Bonchev–Trinajstić information content (AvgIpc) is 3.01. The average molecular weight is 740 g/mol. The summed E-state index contributed by atoms with van der Waals surface area (Å²) in [7, 11) is -7.23. The molecule has 241 valence electrons. The Kier molecular flexibility index (Phi) is 19.7. The zero-order valence-corrected chi connectivity index (χ0v) is 28.8. The third-order valence-corrected chi connectivity index (χ3v) is 11.4. The summed E-state index contributed by atoms with van der Waals surface area (Å²) in [4.78, 5) is 0. The molecule has 1 atom stereocenters. The Morgan fingerprint density at radius 3 is 1.16 bits per heavy atom. The SMILES string of the molecule is C[C@@H](CCOP(c1ccccc1)c1ccccc1)P(c1ccccc1)c1ccccc1.F[B-](F)(F)F.[CH]1[CH]CC[CH][CH]CC1.[Rh]. The van der Waals surface area contributed by atoms with Crippen LogP contribution in [-0.4, -0.2) is 19.5 Å². The summed E-state index contributed by atoms with van der Waals surface area (Å²) < 4.78 is 45.6. The van der Waals surface area contributed by atoms with E-state index in [9.17, 15) is 17.3 Å². The van der Waals surface area contributed by atoms with E-state index in [1.54, 1.807) is 0 Å². The Bertz CT molecular complexity index is 1160. The second-order valence-electron chi connectivity index (χ2n) is 10.1. The summed E-state index contributed by atoms with van der Waals surface area (Å²) in [5.74, 6) is 0. The fourth-order valence-electron chi connectivity index (χ4n) is 4.56. The van der Waals surface area contributed by atoms with Crippen LogP contribution >= 0.6 is 16.1 Å². The van der Waals surface area contributed by atoms with Gasteiger partial charge < -0.3 is 21.8 Å². The smallest absolute Gasteiger partial charge is 0.418 e. The molecule has 45 heavy (non-hydrogen) atoms. The molecule has 0 saturated heterocycles. The van der Waals surface area contributed by atoms with Gasteiger partial charge in [0.15, 0.2) is 0 Å². The van der Waals surface area contributed by atoms with E-state index in [0.29, 0.717) is 5.66 Å². The maximum atomic E-state index is 9.75. The molecule has 1 aliphatic carbocycles. The summed E-state index contributed by atoms with van der Waals surface area (Å²) in [5.41, 5.74) is 0.531. The van der Waals surface area contributed by atoms with Crippen LogP contribution in [0, 0.1) is 25.7 Å². The molecule has 1 aliphatic rings. The first-order valence-electron chi connectivity index (χ1n) is 14.9. The van der Waals surface area contributed by atoms with E-state index in [-0.39, 0.29) is 19.5 Å². The molecule has 4 aromatic rings. The van der Waals surface area contributed by atoms with Crippen LogP contribution in [0.25, 0.3) is 0 Å². The van der Waals surface area contributed by atoms with Crippen LogP contribution in [0.5, 0.6) is 0 Å². The molecule has 4 aromatic carbocycles. The van der Waals surface area contributed by atoms with Crippen LogP contribution in [-0.2, 0) is 24.0 Å². The third kappa shape index (κ3) is 16.5. The Morgan fingerprint density at radius 1 is 0.556 bits per heavy atom. The van der Waals surface area contributed by atoms with Gasteiger partial charge >= 0.3 is 7.25 Å². The minimum atomic E-state index is -6.00. The van der Waals surface area contributed by atoms with Crippen molar-refractivity contribution in [2.24, 2.45) is 0 Å². The van der Waals surface area contributed by atoms with Gasteiger partial charge in [0.2, 0.25) is 0 Å². The molecule has 1 saturated carbocycles. The zero-order valence-electron chi connectivity index (χ0n) is 25.4. The fraction of sp³-hybridized carbons (Fsp3) is 0.222. The molecule has 0 heterocycles. The van der Waals surface area contributed by atoms with Crippen LogP contribution in [0.1, 0.15) is 39.0 Å². The van der Waals surface area contributed by atoms with Gasteiger partial charge in [-0.05, 0) is 82.0 Å². The van der Waals surface area contributed by atoms with Gasteiger partial charge in [-0.25, -0.2) is 0 Å². The second kappa shape index (κ2) is 22.6. The molecule has 0 bridgehead atoms. The van der Waals surface area contributed by atoms with Crippen molar-refractivity contribution in [1.29, 1.82) is 0 Å². The van der Waals surface area contributed by atoms with Gasteiger partial charge in [-0.15, -0.1) is 0 Å². The number of halogens is 4. The number of rotatable bonds is 9. The van der Waals surface area contributed by atoms with Gasteiger partial charge in [0.1, 0.15) is 0 Å². The van der Waals surface area contributed by atoms with E-state index < -0.39 is 23.3 Å². The predicted octanol–water partition coefficient (Wildman–Crippen LogP) is 9.64. The number of hydrogen-bond donors (Lipinski definition) is 0. The van der Waals surface area contributed by atoms with Crippen LogP contribution in [0.3, 0.4) is 0 Å². The monoisotopic (exact) mass is 740 g/mol. The minimum Gasteiger partial charge on any atom is -0.418 e. The van der Waals surface area contributed by atoms with Crippen molar-refractivity contribution in [2.75, 3.05) is 6.61 Å². The zero-order chi connectivity index (χ0) is 31.5. The molecule has 0 spiro atoms. The van der Waals surface area contributed by atoms with E-state index >= 15 is 0 Å². The van der Waals surface area contributed by atoms with Gasteiger partial charge in [-0.1, -0.05) is 128 Å². The van der Waals surface area contributed by atoms with Crippen molar-refractivity contribution < 1.29 is 41.3 Å². The van der Waals surface area contributed by atoms with Crippen molar-refractivity contribution >= 4 is 44.5 Å². The van der Waals surface area contributed by atoms with E-state index in [0.717, 1.165) is 13.0 Å². The molecular formula is C36H40BF4OP2Rh-. The van der Waals surface area contributed by atoms with Crippen molar-refractivity contribution in [3.8, 4) is 0 Å². The van der Waals surface area contributed by atoms with Gasteiger partial charge in [0.05, 0.1) is 14.8 Å².